The number of hydrogen-bond donors (Lipinski definition) is 0. The normalized spacial score (nSPS) is 25.8. The summed E-state index contributed by atoms with van der Waals surface area (Å²) < 4.78 is 0.925. The van der Waals surface area contributed by atoms with E-state index in [-0.39, 0.29) is 18.2 Å². The largest absolute Gasteiger partial charge is 0.328 e. The lowest BCUT2D eigenvalue weighted by Gasteiger charge is -2.30. The van der Waals surface area contributed by atoms with Crippen molar-refractivity contribution in [1.82, 2.24) is 4.90 Å². The number of amides is 1. The molecule has 0 spiro atoms. The number of halogens is 3. The molecule has 1 amide bonds. The van der Waals surface area contributed by atoms with Crippen LogP contribution in [0.25, 0.3) is 10.4 Å². The topological polar surface area (TPSA) is 86.1 Å². The first kappa shape index (κ1) is 20.2. The minimum absolute atomic E-state index is 0.209. The van der Waals surface area contributed by atoms with Crippen LogP contribution in [0.3, 0.4) is 0 Å². The summed E-state index contributed by atoms with van der Waals surface area (Å²) in [6.07, 6.45) is 0.648. The van der Waals surface area contributed by atoms with Crippen molar-refractivity contribution < 1.29 is 9.59 Å². The van der Waals surface area contributed by atoms with Gasteiger partial charge in [-0.05, 0) is 53.4 Å². The van der Waals surface area contributed by atoms with E-state index in [0.717, 1.165) is 10.0 Å². The summed E-state index contributed by atoms with van der Waals surface area (Å²) >= 11 is 15.6. The molecule has 0 bridgehead atoms. The zero-order chi connectivity index (χ0) is 20.8. The number of nitrogens with zero attached hydrogens (tertiary/aromatic N) is 4. The molecule has 148 valence electrons. The fraction of sp³-hybridized carbons (Fsp3) is 0.300. The number of benzene rings is 2. The first-order valence-electron chi connectivity index (χ1n) is 8.94. The molecule has 29 heavy (non-hydrogen) atoms. The van der Waals surface area contributed by atoms with Gasteiger partial charge in [-0.3, -0.25) is 9.59 Å². The van der Waals surface area contributed by atoms with Crippen LogP contribution in [0.5, 0.6) is 0 Å². The predicted molar refractivity (Wildman–Crippen MR) is 114 cm³/mol. The summed E-state index contributed by atoms with van der Waals surface area (Å²) in [6, 6.07) is 12.0. The highest BCUT2D eigenvalue weighted by molar-refractivity contribution is 9.10. The van der Waals surface area contributed by atoms with E-state index in [1.807, 2.05) is 24.3 Å². The molecule has 9 heteroatoms. The van der Waals surface area contributed by atoms with E-state index in [9.17, 15) is 9.59 Å². The third kappa shape index (κ3) is 3.53. The second-order valence-electron chi connectivity index (χ2n) is 7.35. The molecule has 2 heterocycles. The molecule has 4 rings (SSSR count). The fourth-order valence-electron chi connectivity index (χ4n) is 4.40. The van der Waals surface area contributed by atoms with Crippen LogP contribution in [0.15, 0.2) is 52.1 Å². The SMILES string of the molecule is [N-]=[N+]=NC1CN2C(=O)C(c3cc(Cl)cc(Cl)c3)C(=O)C2(Cc2ccc(Br)cc2)C1. The van der Waals surface area contributed by atoms with E-state index in [2.05, 4.69) is 26.0 Å². The van der Waals surface area contributed by atoms with Crippen LogP contribution < -0.4 is 0 Å². The number of carbonyl (C=O) groups excluding carboxylic acids is 2. The summed E-state index contributed by atoms with van der Waals surface area (Å²) in [5.41, 5.74) is 9.21. The average molecular weight is 494 g/mol. The summed E-state index contributed by atoms with van der Waals surface area (Å²) in [6.45, 7) is 0.218. The molecule has 2 fully saturated rings. The Morgan fingerprint density at radius 1 is 1.17 bits per heavy atom. The van der Waals surface area contributed by atoms with Gasteiger partial charge in [0.2, 0.25) is 5.91 Å². The summed E-state index contributed by atoms with van der Waals surface area (Å²) in [5, 5.41) is 4.53. The van der Waals surface area contributed by atoms with Crippen LogP contribution in [0.4, 0.5) is 0 Å². The molecular formula is C20H15BrCl2N4O2. The Hall–Kier alpha value is -2.05. The number of rotatable bonds is 4. The van der Waals surface area contributed by atoms with Gasteiger partial charge in [-0.25, -0.2) is 0 Å². The van der Waals surface area contributed by atoms with Crippen LogP contribution in [-0.2, 0) is 16.0 Å². The first-order valence-corrected chi connectivity index (χ1v) is 10.5. The predicted octanol–water partition coefficient (Wildman–Crippen LogP) is 5.31. The third-order valence-corrected chi connectivity index (χ3v) is 6.53. The molecule has 3 atom stereocenters. The lowest BCUT2D eigenvalue weighted by Crippen LogP contribution is -2.46. The highest BCUT2D eigenvalue weighted by Crippen LogP contribution is 2.47. The van der Waals surface area contributed by atoms with E-state index in [4.69, 9.17) is 28.7 Å². The number of carbonyl (C=O) groups is 2. The lowest BCUT2D eigenvalue weighted by atomic mass is 9.80. The van der Waals surface area contributed by atoms with E-state index in [1.165, 1.54) is 0 Å². The van der Waals surface area contributed by atoms with Gasteiger partial charge in [-0.15, -0.1) is 0 Å². The lowest BCUT2D eigenvalue weighted by molar-refractivity contribution is -0.130. The summed E-state index contributed by atoms with van der Waals surface area (Å²) in [4.78, 5) is 31.4. The van der Waals surface area contributed by atoms with Gasteiger partial charge in [0.15, 0.2) is 5.78 Å². The Morgan fingerprint density at radius 2 is 1.83 bits per heavy atom. The molecule has 0 aliphatic carbocycles. The number of hydrogen-bond acceptors (Lipinski definition) is 3. The smallest absolute Gasteiger partial charge is 0.238 e. The van der Waals surface area contributed by atoms with Crippen LogP contribution in [-0.4, -0.2) is 34.7 Å². The first-order chi connectivity index (χ1) is 13.8. The monoisotopic (exact) mass is 492 g/mol. The molecule has 2 aliphatic heterocycles. The standard InChI is InChI=1S/C20H15BrCl2N4O2/c21-13-3-1-11(2-4-13)8-20-9-16(25-26-24)10-27(20)19(29)17(18(20)28)12-5-14(22)7-15(23)6-12/h1-7,16-17H,8-10H2. The molecule has 0 saturated carbocycles. The average Bonchev–Trinajstić information content (AvgIpc) is 3.10. The van der Waals surface area contributed by atoms with Gasteiger partial charge in [0.25, 0.3) is 0 Å². The molecule has 0 aromatic heterocycles. The van der Waals surface area contributed by atoms with Gasteiger partial charge in [-0.2, -0.15) is 0 Å². The molecule has 0 N–H and O–H groups in total. The second-order valence-corrected chi connectivity index (χ2v) is 9.14. The summed E-state index contributed by atoms with van der Waals surface area (Å²) in [7, 11) is 0. The molecule has 2 saturated heterocycles. The van der Waals surface area contributed by atoms with Gasteiger partial charge >= 0.3 is 0 Å². The van der Waals surface area contributed by atoms with Crippen LogP contribution in [0.2, 0.25) is 10.0 Å². The number of fused-ring (bicyclic) bond motifs is 1. The second kappa shape index (κ2) is 7.65. The van der Waals surface area contributed by atoms with E-state index in [1.54, 1.807) is 23.1 Å². The number of ketones is 1. The maximum atomic E-state index is 13.7. The van der Waals surface area contributed by atoms with Crippen molar-refractivity contribution in [2.75, 3.05) is 6.54 Å². The van der Waals surface area contributed by atoms with Crippen molar-refractivity contribution >= 4 is 50.8 Å². The zero-order valence-corrected chi connectivity index (χ0v) is 18.2. The van der Waals surface area contributed by atoms with Crippen LogP contribution in [0.1, 0.15) is 23.5 Å². The number of azide groups is 1. The van der Waals surface area contributed by atoms with Crippen molar-refractivity contribution in [3.63, 3.8) is 0 Å². The maximum Gasteiger partial charge on any atom is 0.238 e. The summed E-state index contributed by atoms with van der Waals surface area (Å²) in [5.74, 6) is -1.48. The third-order valence-electron chi connectivity index (χ3n) is 5.56. The van der Waals surface area contributed by atoms with Gasteiger partial charge in [-0.1, -0.05) is 56.4 Å². The molecular weight excluding hydrogens is 479 g/mol. The Balaban J connectivity index is 1.78. The molecule has 2 aromatic rings. The Bertz CT molecular complexity index is 1030. The molecule has 0 radical (unpaired) electrons. The Labute approximate surface area is 185 Å². The minimum Gasteiger partial charge on any atom is -0.328 e. The maximum absolute atomic E-state index is 13.7. The van der Waals surface area contributed by atoms with Crippen molar-refractivity contribution in [3.8, 4) is 0 Å². The van der Waals surface area contributed by atoms with Gasteiger partial charge in [0.05, 0.1) is 6.04 Å². The molecule has 3 unspecified atom stereocenters. The van der Waals surface area contributed by atoms with Crippen molar-refractivity contribution in [3.05, 3.63) is 78.6 Å². The highest BCUT2D eigenvalue weighted by atomic mass is 79.9. The molecule has 2 aliphatic rings. The van der Waals surface area contributed by atoms with Gasteiger partial charge in [0, 0.05) is 32.4 Å². The minimum atomic E-state index is -1.05. The quantitative estimate of drug-likeness (QED) is 0.250. The van der Waals surface area contributed by atoms with Crippen molar-refractivity contribution in [1.29, 1.82) is 0 Å². The Morgan fingerprint density at radius 3 is 2.45 bits per heavy atom. The van der Waals surface area contributed by atoms with Crippen molar-refractivity contribution in [2.24, 2.45) is 5.11 Å². The Kier molecular flexibility index (Phi) is 5.34. The van der Waals surface area contributed by atoms with Gasteiger partial charge < -0.3 is 4.90 Å². The number of Topliss-reactive ketones (excluding diaryl/α,β-unsaturated/α-hetero) is 1. The molecule has 6 nitrogen and oxygen atoms in total. The van der Waals surface area contributed by atoms with Crippen molar-refractivity contribution in [2.45, 2.75) is 30.3 Å². The van der Waals surface area contributed by atoms with E-state index < -0.39 is 17.5 Å². The molecule has 2 aromatic carbocycles. The van der Waals surface area contributed by atoms with E-state index in [0.29, 0.717) is 28.5 Å². The van der Waals surface area contributed by atoms with Crippen LogP contribution >= 0.6 is 39.1 Å². The van der Waals surface area contributed by atoms with E-state index >= 15 is 0 Å². The van der Waals surface area contributed by atoms with Gasteiger partial charge in [0.1, 0.15) is 11.5 Å². The zero-order valence-electron chi connectivity index (χ0n) is 15.1. The fourth-order valence-corrected chi connectivity index (χ4v) is 5.21. The van der Waals surface area contributed by atoms with Crippen LogP contribution in [0, 0.1) is 0 Å². The highest BCUT2D eigenvalue weighted by Gasteiger charge is 2.62.